The highest BCUT2D eigenvalue weighted by atomic mass is 16.6. The van der Waals surface area contributed by atoms with Crippen molar-refractivity contribution < 1.29 is 19.0 Å². The number of carbonyl (C=O) groups is 1. The van der Waals surface area contributed by atoms with E-state index in [4.69, 9.17) is 14.2 Å². The summed E-state index contributed by atoms with van der Waals surface area (Å²) >= 11 is 0. The van der Waals surface area contributed by atoms with Gasteiger partial charge in [0.2, 0.25) is 0 Å². The van der Waals surface area contributed by atoms with Crippen molar-refractivity contribution in [2.24, 2.45) is 17.8 Å². The van der Waals surface area contributed by atoms with Crippen molar-refractivity contribution in [1.82, 2.24) is 14.7 Å². The summed E-state index contributed by atoms with van der Waals surface area (Å²) in [6.45, 7) is 10.5. The molecule has 184 valence electrons. The van der Waals surface area contributed by atoms with Gasteiger partial charge in [0.25, 0.3) is 0 Å². The maximum Gasteiger partial charge on any atom is 0.409 e. The normalized spacial score (nSPS) is 26.0. The van der Waals surface area contributed by atoms with Crippen LogP contribution in [0.4, 0.5) is 4.79 Å². The SMILES string of the molecule is COc1cc2c(cc1OC)[C@H]1C[C@@H](COC(=O)N3CCN(C)CC3)[C@H](CC(C)C)CN1CC2. The first kappa shape index (κ1) is 24.1. The van der Waals surface area contributed by atoms with Gasteiger partial charge < -0.3 is 24.0 Å². The van der Waals surface area contributed by atoms with E-state index >= 15 is 0 Å². The lowest BCUT2D eigenvalue weighted by Gasteiger charge is -2.47. The molecule has 33 heavy (non-hydrogen) atoms. The number of methoxy groups -OCH3 is 2. The number of hydrogen-bond donors (Lipinski definition) is 0. The molecule has 7 heteroatoms. The van der Waals surface area contributed by atoms with Gasteiger partial charge in [0, 0.05) is 45.3 Å². The first-order valence-corrected chi connectivity index (χ1v) is 12.5. The van der Waals surface area contributed by atoms with Crippen molar-refractivity contribution in [1.29, 1.82) is 0 Å². The minimum atomic E-state index is -0.149. The molecule has 1 amide bonds. The summed E-state index contributed by atoms with van der Waals surface area (Å²) in [5.41, 5.74) is 2.70. The second-order valence-corrected chi connectivity index (χ2v) is 10.4. The molecular weight excluding hydrogens is 418 g/mol. The van der Waals surface area contributed by atoms with Crippen molar-refractivity contribution >= 4 is 6.09 Å². The Morgan fingerprint density at radius 3 is 2.39 bits per heavy atom. The number of piperidine rings is 1. The molecule has 0 spiro atoms. The number of piperazine rings is 1. The summed E-state index contributed by atoms with van der Waals surface area (Å²) in [6.07, 6.45) is 3.06. The summed E-state index contributed by atoms with van der Waals surface area (Å²) in [4.78, 5) is 19.5. The van der Waals surface area contributed by atoms with E-state index in [1.165, 1.54) is 17.5 Å². The molecule has 3 aliphatic heterocycles. The lowest BCUT2D eigenvalue weighted by molar-refractivity contribution is 0.00301. The molecule has 0 bridgehead atoms. The number of amides is 1. The Balaban J connectivity index is 1.49. The monoisotopic (exact) mass is 459 g/mol. The molecule has 0 unspecified atom stereocenters. The van der Waals surface area contributed by atoms with Crippen LogP contribution in [-0.4, -0.2) is 87.9 Å². The molecule has 0 aromatic heterocycles. The Morgan fingerprint density at radius 2 is 1.73 bits per heavy atom. The Kier molecular flexibility index (Phi) is 7.69. The number of ether oxygens (including phenoxy) is 3. The number of nitrogens with zero attached hydrogens (tertiary/aromatic N) is 3. The molecule has 0 saturated carbocycles. The predicted molar refractivity (Wildman–Crippen MR) is 129 cm³/mol. The van der Waals surface area contributed by atoms with Crippen LogP contribution < -0.4 is 9.47 Å². The van der Waals surface area contributed by atoms with E-state index in [0.717, 1.165) is 63.6 Å². The van der Waals surface area contributed by atoms with Crippen LogP contribution >= 0.6 is 0 Å². The largest absolute Gasteiger partial charge is 0.493 e. The predicted octanol–water partition coefficient (Wildman–Crippen LogP) is 3.67. The van der Waals surface area contributed by atoms with Gasteiger partial charge in [0.1, 0.15) is 0 Å². The third kappa shape index (κ3) is 5.40. The summed E-state index contributed by atoms with van der Waals surface area (Å²) in [6, 6.07) is 4.65. The summed E-state index contributed by atoms with van der Waals surface area (Å²) < 4.78 is 17.1. The van der Waals surface area contributed by atoms with Crippen LogP contribution in [0.5, 0.6) is 11.5 Å². The van der Waals surface area contributed by atoms with Gasteiger partial charge >= 0.3 is 6.09 Å². The van der Waals surface area contributed by atoms with Crippen LogP contribution in [0, 0.1) is 17.8 Å². The Labute approximate surface area is 198 Å². The van der Waals surface area contributed by atoms with Crippen LogP contribution in [0.1, 0.15) is 43.9 Å². The molecule has 3 aliphatic rings. The van der Waals surface area contributed by atoms with Gasteiger partial charge in [-0.1, -0.05) is 13.8 Å². The van der Waals surface area contributed by atoms with E-state index in [2.05, 4.69) is 42.8 Å². The zero-order chi connectivity index (χ0) is 23.5. The zero-order valence-electron chi connectivity index (χ0n) is 21.0. The highest BCUT2D eigenvalue weighted by Crippen LogP contribution is 2.45. The Bertz CT molecular complexity index is 822. The number of benzene rings is 1. The van der Waals surface area contributed by atoms with Crippen molar-refractivity contribution in [2.75, 3.05) is 67.1 Å². The van der Waals surface area contributed by atoms with E-state index in [9.17, 15) is 4.79 Å². The number of hydrogen-bond acceptors (Lipinski definition) is 6. The Hall–Kier alpha value is -1.99. The molecule has 4 rings (SSSR count). The highest BCUT2D eigenvalue weighted by molar-refractivity contribution is 5.67. The average molecular weight is 460 g/mol. The molecule has 2 fully saturated rings. The van der Waals surface area contributed by atoms with E-state index in [1.54, 1.807) is 14.2 Å². The van der Waals surface area contributed by atoms with Crippen molar-refractivity contribution in [3.63, 3.8) is 0 Å². The minimum absolute atomic E-state index is 0.149. The molecule has 2 saturated heterocycles. The van der Waals surface area contributed by atoms with E-state index in [1.807, 2.05) is 4.90 Å². The molecule has 7 nitrogen and oxygen atoms in total. The number of rotatable bonds is 6. The van der Waals surface area contributed by atoms with Gasteiger partial charge in [-0.05, 0) is 67.3 Å². The molecule has 1 aromatic carbocycles. The second kappa shape index (κ2) is 10.5. The molecule has 0 N–H and O–H groups in total. The number of likely N-dealkylation sites (N-methyl/N-ethyl adjacent to an activating group) is 1. The van der Waals surface area contributed by atoms with E-state index < -0.39 is 0 Å². The van der Waals surface area contributed by atoms with Crippen molar-refractivity contribution in [3.05, 3.63) is 23.3 Å². The second-order valence-electron chi connectivity index (χ2n) is 10.4. The lowest BCUT2D eigenvalue weighted by Crippen LogP contribution is -2.49. The zero-order valence-corrected chi connectivity index (χ0v) is 21.0. The first-order chi connectivity index (χ1) is 15.9. The number of fused-ring (bicyclic) bond motifs is 3. The average Bonchev–Trinajstić information content (AvgIpc) is 2.81. The van der Waals surface area contributed by atoms with E-state index in [-0.39, 0.29) is 6.09 Å². The smallest absolute Gasteiger partial charge is 0.409 e. The Morgan fingerprint density at radius 1 is 1.03 bits per heavy atom. The van der Waals surface area contributed by atoms with Crippen molar-refractivity contribution in [3.8, 4) is 11.5 Å². The molecule has 1 aromatic rings. The third-order valence-electron chi connectivity index (χ3n) is 7.73. The van der Waals surface area contributed by atoms with Crippen LogP contribution in [0.3, 0.4) is 0 Å². The van der Waals surface area contributed by atoms with Gasteiger partial charge in [-0.25, -0.2) is 4.79 Å². The molecule has 3 atom stereocenters. The van der Waals surface area contributed by atoms with Gasteiger partial charge in [-0.2, -0.15) is 0 Å². The van der Waals surface area contributed by atoms with Crippen LogP contribution in [0.2, 0.25) is 0 Å². The van der Waals surface area contributed by atoms with Gasteiger partial charge in [-0.15, -0.1) is 0 Å². The molecule has 0 aliphatic carbocycles. The first-order valence-electron chi connectivity index (χ1n) is 12.5. The highest BCUT2D eigenvalue weighted by Gasteiger charge is 2.40. The fourth-order valence-corrected chi connectivity index (χ4v) is 5.84. The quantitative estimate of drug-likeness (QED) is 0.647. The summed E-state index contributed by atoms with van der Waals surface area (Å²) in [7, 11) is 5.49. The van der Waals surface area contributed by atoms with Crippen LogP contribution in [-0.2, 0) is 11.2 Å². The maximum absolute atomic E-state index is 12.8. The minimum Gasteiger partial charge on any atom is -0.493 e. The van der Waals surface area contributed by atoms with Crippen LogP contribution in [0.15, 0.2) is 12.1 Å². The van der Waals surface area contributed by atoms with Gasteiger partial charge in [-0.3, -0.25) is 4.90 Å². The van der Waals surface area contributed by atoms with Crippen LogP contribution in [0.25, 0.3) is 0 Å². The van der Waals surface area contributed by atoms with Gasteiger partial charge in [0.05, 0.1) is 20.8 Å². The standard InChI is InChI=1S/C26H41N3O4/c1-18(2)12-20-16-29-7-6-19-14-24(31-4)25(32-5)15-22(19)23(29)13-21(20)17-33-26(30)28-10-8-27(3)9-11-28/h14-15,18,20-21,23H,6-13,16-17H2,1-5H3/t20-,21+,23-/m1/s1. The molecule has 3 heterocycles. The molecule has 0 radical (unpaired) electrons. The third-order valence-corrected chi connectivity index (χ3v) is 7.73. The fraction of sp³-hybridized carbons (Fsp3) is 0.731. The maximum atomic E-state index is 12.8. The summed E-state index contributed by atoms with van der Waals surface area (Å²) in [5.74, 6) is 3.13. The van der Waals surface area contributed by atoms with Gasteiger partial charge in [0.15, 0.2) is 11.5 Å². The summed E-state index contributed by atoms with van der Waals surface area (Å²) in [5, 5.41) is 0. The topological polar surface area (TPSA) is 54.5 Å². The molecular formula is C26H41N3O4. The van der Waals surface area contributed by atoms with E-state index in [0.29, 0.717) is 30.4 Å². The fourth-order valence-electron chi connectivity index (χ4n) is 5.84. The number of carbonyl (C=O) groups excluding carboxylic acids is 1. The van der Waals surface area contributed by atoms with Crippen molar-refractivity contribution in [2.45, 2.75) is 39.2 Å². The lowest BCUT2D eigenvalue weighted by atomic mass is 9.74.